The second-order valence-corrected chi connectivity index (χ2v) is 3.41. The Bertz CT molecular complexity index is 209. The average molecular weight is 268 g/mol. The molecular formula is C9H14F6O2. The molecule has 0 aromatic carbocycles. The zero-order chi connectivity index (χ0) is 13.7. The monoisotopic (exact) mass is 268 g/mol. The van der Waals surface area contributed by atoms with E-state index in [0.717, 1.165) is 7.11 Å². The van der Waals surface area contributed by atoms with Gasteiger partial charge in [0, 0.05) is 7.11 Å². The van der Waals surface area contributed by atoms with E-state index in [-0.39, 0.29) is 13.0 Å². The predicted octanol–water partition coefficient (Wildman–Crippen LogP) is 3.31. The molecule has 0 N–H and O–H groups in total. The zero-order valence-electron chi connectivity index (χ0n) is 9.41. The maximum atomic E-state index is 12.6. The van der Waals surface area contributed by atoms with E-state index in [1.807, 2.05) is 0 Å². The Kier molecular flexibility index (Phi) is 5.73. The fourth-order valence-corrected chi connectivity index (χ4v) is 1.33. The molecule has 0 heterocycles. The Morgan fingerprint density at radius 3 is 1.65 bits per heavy atom. The van der Waals surface area contributed by atoms with Crippen LogP contribution in [0.2, 0.25) is 0 Å². The Labute approximate surface area is 94.9 Å². The number of halogens is 6. The minimum Gasteiger partial charge on any atom is -0.382 e. The van der Waals surface area contributed by atoms with Gasteiger partial charge in [-0.1, -0.05) is 13.3 Å². The molecule has 0 aliphatic rings. The lowest BCUT2D eigenvalue weighted by molar-refractivity contribution is -0.383. The first-order chi connectivity index (χ1) is 7.62. The van der Waals surface area contributed by atoms with Crippen molar-refractivity contribution >= 4 is 0 Å². The van der Waals surface area contributed by atoms with Gasteiger partial charge in [-0.15, -0.1) is 0 Å². The molecule has 0 bridgehead atoms. The van der Waals surface area contributed by atoms with Crippen molar-refractivity contribution in [2.45, 2.75) is 37.7 Å². The van der Waals surface area contributed by atoms with E-state index in [1.54, 1.807) is 0 Å². The molecule has 17 heavy (non-hydrogen) atoms. The number of hydrogen-bond acceptors (Lipinski definition) is 2. The van der Waals surface area contributed by atoms with Crippen molar-refractivity contribution in [3.63, 3.8) is 0 Å². The molecule has 0 aliphatic heterocycles. The van der Waals surface area contributed by atoms with Gasteiger partial charge in [-0.3, -0.25) is 0 Å². The van der Waals surface area contributed by atoms with Crippen LogP contribution < -0.4 is 0 Å². The number of hydrogen-bond donors (Lipinski definition) is 0. The molecule has 2 nitrogen and oxygen atoms in total. The minimum absolute atomic E-state index is 0.300. The highest BCUT2D eigenvalue weighted by atomic mass is 19.4. The van der Waals surface area contributed by atoms with Gasteiger partial charge in [-0.05, 0) is 6.42 Å². The number of rotatable bonds is 6. The van der Waals surface area contributed by atoms with Crippen molar-refractivity contribution in [3.05, 3.63) is 0 Å². The Hall–Kier alpha value is -0.500. The van der Waals surface area contributed by atoms with E-state index in [0.29, 0.717) is 0 Å². The first kappa shape index (κ1) is 16.5. The lowest BCUT2D eigenvalue weighted by atomic mass is 9.96. The second kappa shape index (κ2) is 5.90. The summed E-state index contributed by atoms with van der Waals surface area (Å²) in [6.45, 7) is 0.124. The van der Waals surface area contributed by atoms with Gasteiger partial charge >= 0.3 is 12.4 Å². The van der Waals surface area contributed by atoms with E-state index >= 15 is 0 Å². The highest BCUT2D eigenvalue weighted by Crippen LogP contribution is 2.48. The van der Waals surface area contributed by atoms with Crippen LogP contribution in [0.3, 0.4) is 0 Å². The first-order valence-corrected chi connectivity index (χ1v) is 4.88. The average Bonchev–Trinajstić information content (AvgIpc) is 2.13. The molecule has 0 spiro atoms. The molecule has 0 radical (unpaired) electrons. The van der Waals surface area contributed by atoms with Crippen LogP contribution in [0.4, 0.5) is 26.3 Å². The summed E-state index contributed by atoms with van der Waals surface area (Å²) >= 11 is 0. The van der Waals surface area contributed by atoms with Gasteiger partial charge < -0.3 is 9.47 Å². The van der Waals surface area contributed by atoms with Crippen molar-refractivity contribution < 1.29 is 35.8 Å². The third-order valence-corrected chi connectivity index (χ3v) is 2.15. The third-order valence-electron chi connectivity index (χ3n) is 2.15. The molecule has 0 fully saturated rings. The van der Waals surface area contributed by atoms with Crippen molar-refractivity contribution in [2.75, 3.05) is 20.3 Å². The van der Waals surface area contributed by atoms with Gasteiger partial charge in [0.15, 0.2) is 0 Å². The molecular weight excluding hydrogens is 254 g/mol. The largest absolute Gasteiger partial charge is 0.426 e. The maximum Gasteiger partial charge on any atom is 0.426 e. The summed E-state index contributed by atoms with van der Waals surface area (Å²) in [6.07, 6.45) is -12.5. The van der Waals surface area contributed by atoms with Crippen LogP contribution >= 0.6 is 0 Å². The van der Waals surface area contributed by atoms with Crippen molar-refractivity contribution in [2.24, 2.45) is 0 Å². The number of ether oxygens (including phenoxy) is 2. The van der Waals surface area contributed by atoms with Crippen LogP contribution in [-0.2, 0) is 9.47 Å². The van der Waals surface area contributed by atoms with E-state index in [9.17, 15) is 26.3 Å². The lowest BCUT2D eigenvalue weighted by Gasteiger charge is -2.36. The van der Waals surface area contributed by atoms with Gasteiger partial charge in [-0.2, -0.15) is 26.3 Å². The SMILES string of the molecule is CCCC(OCCOC)(C(F)(F)F)C(F)(F)F. The molecule has 0 amide bonds. The summed E-state index contributed by atoms with van der Waals surface area (Å²) in [5.41, 5.74) is -4.10. The molecule has 0 saturated heterocycles. The summed E-state index contributed by atoms with van der Waals surface area (Å²) in [4.78, 5) is 0. The van der Waals surface area contributed by atoms with Crippen LogP contribution in [0.15, 0.2) is 0 Å². The zero-order valence-corrected chi connectivity index (χ0v) is 9.41. The maximum absolute atomic E-state index is 12.6. The highest BCUT2D eigenvalue weighted by molar-refractivity contribution is 4.95. The normalized spacial score (nSPS) is 14.1. The van der Waals surface area contributed by atoms with Gasteiger partial charge in [0.05, 0.1) is 13.2 Å². The van der Waals surface area contributed by atoms with Crippen LogP contribution in [0.25, 0.3) is 0 Å². The molecule has 0 aliphatic carbocycles. The molecule has 0 saturated carbocycles. The van der Waals surface area contributed by atoms with E-state index in [4.69, 9.17) is 0 Å². The molecule has 8 heteroatoms. The van der Waals surface area contributed by atoms with Gasteiger partial charge in [-0.25, -0.2) is 0 Å². The molecule has 0 aromatic heterocycles. The van der Waals surface area contributed by atoms with Gasteiger partial charge in [0.25, 0.3) is 5.60 Å². The van der Waals surface area contributed by atoms with Crippen LogP contribution in [0.5, 0.6) is 0 Å². The summed E-state index contributed by atoms with van der Waals surface area (Å²) in [6, 6.07) is 0. The molecule has 104 valence electrons. The molecule has 0 atom stereocenters. The summed E-state index contributed by atoms with van der Waals surface area (Å²) < 4.78 is 84.0. The predicted molar refractivity (Wildman–Crippen MR) is 47.6 cm³/mol. The highest BCUT2D eigenvalue weighted by Gasteiger charge is 2.71. The summed E-state index contributed by atoms with van der Waals surface area (Å²) in [7, 11) is 1.16. The van der Waals surface area contributed by atoms with Crippen LogP contribution in [-0.4, -0.2) is 38.3 Å². The Balaban J connectivity index is 5.12. The van der Waals surface area contributed by atoms with Gasteiger partial charge in [0.1, 0.15) is 0 Å². The fourth-order valence-electron chi connectivity index (χ4n) is 1.33. The topological polar surface area (TPSA) is 18.5 Å². The Morgan fingerprint density at radius 1 is 0.882 bits per heavy atom. The lowest BCUT2D eigenvalue weighted by Crippen LogP contribution is -2.59. The standard InChI is InChI=1S/C9H14F6O2/c1-3-4-7(8(10,11)12,9(13,14)15)17-6-5-16-2/h3-6H2,1-2H3. The van der Waals surface area contributed by atoms with E-state index in [2.05, 4.69) is 9.47 Å². The van der Waals surface area contributed by atoms with Gasteiger partial charge in [0.2, 0.25) is 0 Å². The van der Waals surface area contributed by atoms with E-state index < -0.39 is 31.0 Å². The summed E-state index contributed by atoms with van der Waals surface area (Å²) in [5, 5.41) is 0. The molecule has 0 aromatic rings. The minimum atomic E-state index is -5.50. The Morgan fingerprint density at radius 2 is 1.35 bits per heavy atom. The van der Waals surface area contributed by atoms with Crippen molar-refractivity contribution in [1.29, 1.82) is 0 Å². The van der Waals surface area contributed by atoms with Crippen molar-refractivity contribution in [3.8, 4) is 0 Å². The van der Waals surface area contributed by atoms with E-state index in [1.165, 1.54) is 6.92 Å². The third kappa shape index (κ3) is 3.74. The van der Waals surface area contributed by atoms with Crippen LogP contribution in [0, 0.1) is 0 Å². The van der Waals surface area contributed by atoms with Crippen LogP contribution in [0.1, 0.15) is 19.8 Å². The first-order valence-electron chi connectivity index (χ1n) is 4.88. The smallest absolute Gasteiger partial charge is 0.382 e. The van der Waals surface area contributed by atoms with Crippen molar-refractivity contribution in [1.82, 2.24) is 0 Å². The quantitative estimate of drug-likeness (QED) is 0.543. The molecule has 0 unspecified atom stereocenters. The second-order valence-electron chi connectivity index (χ2n) is 3.41. The fraction of sp³-hybridized carbons (Fsp3) is 1.00. The number of alkyl halides is 6. The number of methoxy groups -OCH3 is 1. The molecule has 0 rings (SSSR count). The summed E-state index contributed by atoms with van der Waals surface area (Å²) in [5.74, 6) is 0.